The van der Waals surface area contributed by atoms with Gasteiger partial charge in [0.25, 0.3) is 0 Å². The summed E-state index contributed by atoms with van der Waals surface area (Å²) in [5.74, 6) is 1.73. The Balaban J connectivity index is 2.06. The number of anilines is 2. The average Bonchev–Trinajstić information content (AvgIpc) is 2.35. The molecule has 0 amide bonds. The lowest BCUT2D eigenvalue weighted by molar-refractivity contribution is 0.414. The molecule has 1 aromatic heterocycles. The number of methoxy groups -OCH3 is 1. The van der Waals surface area contributed by atoms with Crippen LogP contribution in [-0.4, -0.2) is 17.1 Å². The molecule has 0 atom stereocenters. The third-order valence-electron chi connectivity index (χ3n) is 2.30. The summed E-state index contributed by atoms with van der Waals surface area (Å²) in [6, 6.07) is 9.44. The summed E-state index contributed by atoms with van der Waals surface area (Å²) in [7, 11) is 1.64. The van der Waals surface area contributed by atoms with Crippen LogP contribution < -0.4 is 15.8 Å². The molecular weight excluding hydrogens is 296 g/mol. The predicted octanol–water partition coefficient (Wildman–Crippen LogP) is 2.44. The summed E-state index contributed by atoms with van der Waals surface area (Å²) < 4.78 is 5.81. The zero-order chi connectivity index (χ0) is 13.0. The number of rotatable bonds is 4. The number of nitrogens with two attached hydrogens (primary N) is 1. The summed E-state index contributed by atoms with van der Waals surface area (Å²) in [6.07, 6.45) is 0. The van der Waals surface area contributed by atoms with Gasteiger partial charge in [-0.2, -0.15) is 4.98 Å². The van der Waals surface area contributed by atoms with Gasteiger partial charge in [0.15, 0.2) is 0 Å². The standard InChI is InChI=1S/C12H13BrN4O/c1-18-9-4-2-3-8(5-9)7-15-12-16-10(13)6-11(14)17-12/h2-6H,7H2,1H3,(H3,14,15,16,17). The SMILES string of the molecule is COc1cccc(CNc2nc(N)cc(Br)n2)c1. The predicted molar refractivity (Wildman–Crippen MR) is 74.5 cm³/mol. The summed E-state index contributed by atoms with van der Waals surface area (Å²) in [6.45, 7) is 0.604. The molecular formula is C12H13BrN4O. The second kappa shape index (κ2) is 5.68. The first-order valence-electron chi connectivity index (χ1n) is 5.34. The first-order valence-corrected chi connectivity index (χ1v) is 6.13. The van der Waals surface area contributed by atoms with E-state index < -0.39 is 0 Å². The van der Waals surface area contributed by atoms with Crippen LogP contribution in [-0.2, 0) is 6.54 Å². The summed E-state index contributed by atoms with van der Waals surface area (Å²) in [5, 5.41) is 3.11. The van der Waals surface area contributed by atoms with E-state index in [9.17, 15) is 0 Å². The van der Waals surface area contributed by atoms with Crippen LogP contribution in [0.4, 0.5) is 11.8 Å². The minimum absolute atomic E-state index is 0.421. The van der Waals surface area contributed by atoms with Gasteiger partial charge < -0.3 is 15.8 Å². The van der Waals surface area contributed by atoms with E-state index in [1.165, 1.54) is 0 Å². The van der Waals surface area contributed by atoms with Crippen LogP contribution in [0.15, 0.2) is 34.9 Å². The molecule has 0 aliphatic heterocycles. The average molecular weight is 309 g/mol. The zero-order valence-corrected chi connectivity index (χ0v) is 11.4. The van der Waals surface area contributed by atoms with Gasteiger partial charge in [0, 0.05) is 12.6 Å². The second-order valence-electron chi connectivity index (χ2n) is 3.64. The van der Waals surface area contributed by atoms with E-state index >= 15 is 0 Å². The molecule has 6 heteroatoms. The van der Waals surface area contributed by atoms with E-state index in [0.717, 1.165) is 11.3 Å². The number of nitrogens with zero attached hydrogens (tertiary/aromatic N) is 2. The number of halogens is 1. The fourth-order valence-corrected chi connectivity index (χ4v) is 1.88. The fraction of sp³-hybridized carbons (Fsp3) is 0.167. The highest BCUT2D eigenvalue weighted by Crippen LogP contribution is 2.15. The number of ether oxygens (including phenoxy) is 1. The van der Waals surface area contributed by atoms with Crippen molar-refractivity contribution in [2.24, 2.45) is 0 Å². The van der Waals surface area contributed by atoms with E-state index in [0.29, 0.717) is 22.9 Å². The number of aromatic nitrogens is 2. The first-order chi connectivity index (χ1) is 8.67. The van der Waals surface area contributed by atoms with Gasteiger partial charge in [-0.05, 0) is 33.6 Å². The maximum atomic E-state index is 5.63. The zero-order valence-electron chi connectivity index (χ0n) is 9.85. The van der Waals surface area contributed by atoms with Crippen LogP contribution in [0.1, 0.15) is 5.56 Å². The van der Waals surface area contributed by atoms with Crippen molar-refractivity contribution >= 4 is 27.7 Å². The normalized spacial score (nSPS) is 10.1. The molecule has 0 bridgehead atoms. The van der Waals surface area contributed by atoms with Crippen molar-refractivity contribution in [3.63, 3.8) is 0 Å². The largest absolute Gasteiger partial charge is 0.497 e. The third-order valence-corrected chi connectivity index (χ3v) is 2.71. The Kier molecular flexibility index (Phi) is 3.99. The number of nitrogens with one attached hydrogen (secondary N) is 1. The molecule has 5 nitrogen and oxygen atoms in total. The smallest absolute Gasteiger partial charge is 0.225 e. The minimum atomic E-state index is 0.421. The Hall–Kier alpha value is -1.82. The molecule has 0 radical (unpaired) electrons. The summed E-state index contributed by atoms with van der Waals surface area (Å²) in [4.78, 5) is 8.26. The Bertz CT molecular complexity index is 527. The van der Waals surface area contributed by atoms with Crippen molar-refractivity contribution in [1.29, 1.82) is 0 Å². The van der Waals surface area contributed by atoms with Crippen molar-refractivity contribution in [3.05, 3.63) is 40.5 Å². The third kappa shape index (κ3) is 3.33. The molecule has 2 aromatic rings. The van der Waals surface area contributed by atoms with E-state index in [-0.39, 0.29) is 0 Å². The van der Waals surface area contributed by atoms with Gasteiger partial charge in [-0.1, -0.05) is 12.1 Å². The highest BCUT2D eigenvalue weighted by molar-refractivity contribution is 9.10. The van der Waals surface area contributed by atoms with Crippen LogP contribution in [0.5, 0.6) is 5.75 Å². The molecule has 0 aliphatic carbocycles. The van der Waals surface area contributed by atoms with Crippen LogP contribution in [0.25, 0.3) is 0 Å². The first kappa shape index (κ1) is 12.6. The van der Waals surface area contributed by atoms with Gasteiger partial charge in [0.1, 0.15) is 16.2 Å². The number of hydrogen-bond donors (Lipinski definition) is 2. The van der Waals surface area contributed by atoms with Gasteiger partial charge in [-0.25, -0.2) is 4.98 Å². The van der Waals surface area contributed by atoms with Crippen molar-refractivity contribution in [3.8, 4) is 5.75 Å². The maximum absolute atomic E-state index is 5.63. The van der Waals surface area contributed by atoms with Gasteiger partial charge >= 0.3 is 0 Å². The summed E-state index contributed by atoms with van der Waals surface area (Å²) in [5.41, 5.74) is 6.71. The highest BCUT2D eigenvalue weighted by Gasteiger charge is 2.01. The van der Waals surface area contributed by atoms with E-state index in [1.54, 1.807) is 13.2 Å². The lowest BCUT2D eigenvalue weighted by Crippen LogP contribution is -2.05. The molecule has 0 saturated carbocycles. The van der Waals surface area contributed by atoms with Crippen molar-refractivity contribution in [1.82, 2.24) is 9.97 Å². The van der Waals surface area contributed by atoms with E-state index in [1.807, 2.05) is 24.3 Å². The Morgan fingerprint density at radius 2 is 2.17 bits per heavy atom. The lowest BCUT2D eigenvalue weighted by atomic mass is 10.2. The van der Waals surface area contributed by atoms with Crippen LogP contribution in [0.2, 0.25) is 0 Å². The molecule has 0 spiro atoms. The molecule has 0 saturated heterocycles. The van der Waals surface area contributed by atoms with Crippen LogP contribution in [0, 0.1) is 0 Å². The molecule has 0 unspecified atom stereocenters. The lowest BCUT2D eigenvalue weighted by Gasteiger charge is -2.07. The van der Waals surface area contributed by atoms with Gasteiger partial charge in [0.2, 0.25) is 5.95 Å². The van der Waals surface area contributed by atoms with Crippen molar-refractivity contribution < 1.29 is 4.74 Å². The van der Waals surface area contributed by atoms with Crippen molar-refractivity contribution in [2.45, 2.75) is 6.54 Å². The Morgan fingerprint density at radius 1 is 1.33 bits per heavy atom. The minimum Gasteiger partial charge on any atom is -0.497 e. The molecule has 0 aliphatic rings. The number of hydrogen-bond acceptors (Lipinski definition) is 5. The van der Waals surface area contributed by atoms with Gasteiger partial charge in [-0.15, -0.1) is 0 Å². The van der Waals surface area contributed by atoms with E-state index in [2.05, 4.69) is 31.2 Å². The molecule has 1 heterocycles. The molecule has 18 heavy (non-hydrogen) atoms. The topological polar surface area (TPSA) is 73.1 Å². The van der Waals surface area contributed by atoms with Gasteiger partial charge in [-0.3, -0.25) is 0 Å². The molecule has 0 fully saturated rings. The number of benzene rings is 1. The quantitative estimate of drug-likeness (QED) is 0.849. The second-order valence-corrected chi connectivity index (χ2v) is 4.46. The molecule has 3 N–H and O–H groups in total. The summed E-state index contributed by atoms with van der Waals surface area (Å²) >= 11 is 3.27. The molecule has 2 rings (SSSR count). The van der Waals surface area contributed by atoms with Gasteiger partial charge in [0.05, 0.1) is 7.11 Å². The Morgan fingerprint density at radius 3 is 2.89 bits per heavy atom. The fourth-order valence-electron chi connectivity index (χ4n) is 1.48. The van der Waals surface area contributed by atoms with E-state index in [4.69, 9.17) is 10.5 Å². The van der Waals surface area contributed by atoms with Crippen molar-refractivity contribution in [2.75, 3.05) is 18.2 Å². The maximum Gasteiger partial charge on any atom is 0.225 e. The number of nitrogen functional groups attached to an aromatic ring is 1. The highest BCUT2D eigenvalue weighted by atomic mass is 79.9. The van der Waals surface area contributed by atoms with Crippen LogP contribution >= 0.6 is 15.9 Å². The molecule has 1 aromatic carbocycles. The Labute approximate surface area is 114 Å². The monoisotopic (exact) mass is 308 g/mol. The molecule has 94 valence electrons. The van der Waals surface area contributed by atoms with Crippen LogP contribution in [0.3, 0.4) is 0 Å².